The maximum absolute atomic E-state index is 13.0. The number of methoxy groups -OCH3 is 1. The first-order chi connectivity index (χ1) is 12.2. The zero-order chi connectivity index (χ0) is 17.4. The number of anilines is 1. The molecule has 2 aliphatic rings. The number of hydrogen-bond donors (Lipinski definition) is 0. The lowest BCUT2D eigenvalue weighted by Gasteiger charge is -2.28. The predicted molar refractivity (Wildman–Crippen MR) is 93.0 cm³/mol. The van der Waals surface area contributed by atoms with E-state index >= 15 is 0 Å². The van der Waals surface area contributed by atoms with Gasteiger partial charge in [0.2, 0.25) is 5.91 Å². The van der Waals surface area contributed by atoms with Crippen LogP contribution in [0.4, 0.5) is 5.69 Å². The topological polar surface area (TPSA) is 55.8 Å². The second kappa shape index (κ2) is 6.24. The van der Waals surface area contributed by atoms with E-state index in [0.29, 0.717) is 25.1 Å². The number of fused-ring (bicyclic) bond motifs is 2. The molecule has 1 amide bonds. The highest BCUT2D eigenvalue weighted by Gasteiger charge is 2.33. The summed E-state index contributed by atoms with van der Waals surface area (Å²) >= 11 is 0. The number of nitrogens with zero attached hydrogens (tertiary/aromatic N) is 1. The van der Waals surface area contributed by atoms with Crippen LogP contribution in [0.1, 0.15) is 21.5 Å². The van der Waals surface area contributed by atoms with Crippen molar-refractivity contribution in [2.45, 2.75) is 12.8 Å². The second-order valence-corrected chi connectivity index (χ2v) is 6.39. The van der Waals surface area contributed by atoms with Crippen LogP contribution in [-0.4, -0.2) is 32.1 Å². The van der Waals surface area contributed by atoms with Crippen LogP contribution in [0.25, 0.3) is 0 Å². The van der Waals surface area contributed by atoms with Crippen LogP contribution >= 0.6 is 0 Å². The Labute approximate surface area is 146 Å². The number of esters is 1. The third-order valence-electron chi connectivity index (χ3n) is 4.89. The molecule has 2 heterocycles. The Balaban J connectivity index is 1.55. The van der Waals surface area contributed by atoms with Crippen molar-refractivity contribution in [2.24, 2.45) is 5.92 Å². The van der Waals surface area contributed by atoms with Gasteiger partial charge >= 0.3 is 5.97 Å². The Morgan fingerprint density at radius 1 is 1.16 bits per heavy atom. The molecule has 0 fully saturated rings. The summed E-state index contributed by atoms with van der Waals surface area (Å²) in [5.41, 5.74) is 3.49. The average Bonchev–Trinajstić information content (AvgIpc) is 3.09. The summed E-state index contributed by atoms with van der Waals surface area (Å²) in [7, 11) is 1.37. The molecule has 2 aromatic rings. The van der Waals surface area contributed by atoms with Gasteiger partial charge in [-0.05, 0) is 48.2 Å². The number of amides is 1. The predicted octanol–water partition coefficient (Wildman–Crippen LogP) is 2.61. The molecule has 0 aromatic heterocycles. The summed E-state index contributed by atoms with van der Waals surface area (Å²) in [6.07, 6.45) is 1.44. The van der Waals surface area contributed by atoms with Gasteiger partial charge in [0, 0.05) is 12.2 Å². The molecule has 0 bridgehead atoms. The normalized spacial score (nSPS) is 18.1. The van der Waals surface area contributed by atoms with E-state index in [9.17, 15) is 9.59 Å². The first kappa shape index (κ1) is 15.7. The van der Waals surface area contributed by atoms with Crippen molar-refractivity contribution in [3.05, 3.63) is 59.2 Å². The standard InChI is InChI=1S/C20H19NO4/c1-24-20(23)15-6-7-17-13(10-15)8-9-21(17)19(22)16-11-14-4-2-3-5-18(14)25-12-16/h2-7,10,16H,8-9,11-12H2,1H3. The van der Waals surface area contributed by atoms with E-state index in [-0.39, 0.29) is 17.8 Å². The Morgan fingerprint density at radius 2 is 2.00 bits per heavy atom. The molecule has 128 valence electrons. The van der Waals surface area contributed by atoms with Gasteiger partial charge in [-0.15, -0.1) is 0 Å². The van der Waals surface area contributed by atoms with Crippen LogP contribution < -0.4 is 9.64 Å². The molecule has 25 heavy (non-hydrogen) atoms. The van der Waals surface area contributed by atoms with E-state index < -0.39 is 0 Å². The van der Waals surface area contributed by atoms with Crippen molar-refractivity contribution >= 4 is 17.6 Å². The molecule has 1 atom stereocenters. The molecule has 5 nitrogen and oxygen atoms in total. The zero-order valence-corrected chi connectivity index (χ0v) is 14.0. The fourth-order valence-electron chi connectivity index (χ4n) is 3.58. The van der Waals surface area contributed by atoms with Crippen LogP contribution in [0.15, 0.2) is 42.5 Å². The third kappa shape index (κ3) is 2.76. The van der Waals surface area contributed by atoms with E-state index in [4.69, 9.17) is 9.47 Å². The average molecular weight is 337 g/mol. The number of hydrogen-bond acceptors (Lipinski definition) is 4. The second-order valence-electron chi connectivity index (χ2n) is 6.39. The summed E-state index contributed by atoms with van der Waals surface area (Å²) < 4.78 is 10.5. The summed E-state index contributed by atoms with van der Waals surface area (Å²) in [6, 6.07) is 13.2. The molecule has 2 aliphatic heterocycles. The minimum atomic E-state index is -0.357. The molecule has 4 rings (SSSR count). The number of carbonyl (C=O) groups excluding carboxylic acids is 2. The Kier molecular flexibility index (Phi) is 3.92. The van der Waals surface area contributed by atoms with Crippen molar-refractivity contribution in [1.29, 1.82) is 0 Å². The quantitative estimate of drug-likeness (QED) is 0.791. The molecule has 0 aliphatic carbocycles. The number of benzene rings is 2. The summed E-state index contributed by atoms with van der Waals surface area (Å²) in [6.45, 7) is 1.04. The van der Waals surface area contributed by atoms with E-state index in [0.717, 1.165) is 29.0 Å². The summed E-state index contributed by atoms with van der Waals surface area (Å²) in [5.74, 6) is 0.418. The third-order valence-corrected chi connectivity index (χ3v) is 4.89. The van der Waals surface area contributed by atoms with Gasteiger partial charge in [-0.1, -0.05) is 18.2 Å². The minimum Gasteiger partial charge on any atom is -0.492 e. The number of para-hydroxylation sites is 1. The van der Waals surface area contributed by atoms with Gasteiger partial charge in [-0.25, -0.2) is 4.79 Å². The fraction of sp³-hybridized carbons (Fsp3) is 0.300. The highest BCUT2D eigenvalue weighted by molar-refractivity contribution is 5.98. The van der Waals surface area contributed by atoms with Gasteiger partial charge in [0.25, 0.3) is 0 Å². The fourth-order valence-corrected chi connectivity index (χ4v) is 3.58. The lowest BCUT2D eigenvalue weighted by Crippen LogP contribution is -2.40. The van der Waals surface area contributed by atoms with Crippen molar-refractivity contribution in [3.63, 3.8) is 0 Å². The number of ether oxygens (including phenoxy) is 2. The Hall–Kier alpha value is -2.82. The molecule has 0 N–H and O–H groups in total. The van der Waals surface area contributed by atoms with E-state index in [2.05, 4.69) is 0 Å². The van der Waals surface area contributed by atoms with Gasteiger partial charge in [-0.3, -0.25) is 4.79 Å². The largest absolute Gasteiger partial charge is 0.492 e. The SMILES string of the molecule is COC(=O)c1ccc2c(c1)CCN2C(=O)C1COc2ccccc2C1. The van der Waals surface area contributed by atoms with Crippen LogP contribution in [0, 0.1) is 5.92 Å². The molecular weight excluding hydrogens is 318 g/mol. The highest BCUT2D eigenvalue weighted by Crippen LogP contribution is 2.33. The van der Waals surface area contributed by atoms with Gasteiger partial charge in [0.05, 0.1) is 18.6 Å². The first-order valence-corrected chi connectivity index (χ1v) is 8.40. The van der Waals surface area contributed by atoms with Gasteiger partial charge in [-0.2, -0.15) is 0 Å². The monoisotopic (exact) mass is 337 g/mol. The van der Waals surface area contributed by atoms with Crippen molar-refractivity contribution in [2.75, 3.05) is 25.2 Å². The maximum Gasteiger partial charge on any atom is 0.337 e. The lowest BCUT2D eigenvalue weighted by molar-refractivity contribution is -0.123. The highest BCUT2D eigenvalue weighted by atomic mass is 16.5. The minimum absolute atomic E-state index is 0.0825. The molecule has 2 aromatic carbocycles. The maximum atomic E-state index is 13.0. The van der Waals surface area contributed by atoms with Gasteiger partial charge in [0.15, 0.2) is 0 Å². The smallest absolute Gasteiger partial charge is 0.337 e. The van der Waals surface area contributed by atoms with Crippen molar-refractivity contribution in [1.82, 2.24) is 0 Å². The van der Waals surface area contributed by atoms with Crippen molar-refractivity contribution in [3.8, 4) is 5.75 Å². The van der Waals surface area contributed by atoms with E-state index in [1.54, 1.807) is 6.07 Å². The van der Waals surface area contributed by atoms with E-state index in [1.165, 1.54) is 7.11 Å². The Morgan fingerprint density at radius 3 is 2.84 bits per heavy atom. The molecule has 0 saturated carbocycles. The van der Waals surface area contributed by atoms with Crippen LogP contribution in [0.5, 0.6) is 5.75 Å². The number of rotatable bonds is 2. The molecule has 5 heteroatoms. The molecule has 1 unspecified atom stereocenters. The zero-order valence-electron chi connectivity index (χ0n) is 14.0. The first-order valence-electron chi connectivity index (χ1n) is 8.40. The molecule has 0 spiro atoms. The van der Waals surface area contributed by atoms with E-state index in [1.807, 2.05) is 41.3 Å². The molecule has 0 saturated heterocycles. The van der Waals surface area contributed by atoms with Crippen LogP contribution in [0.3, 0.4) is 0 Å². The Bertz CT molecular complexity index is 845. The van der Waals surface area contributed by atoms with Gasteiger partial charge < -0.3 is 14.4 Å². The van der Waals surface area contributed by atoms with Crippen LogP contribution in [-0.2, 0) is 22.4 Å². The summed E-state index contributed by atoms with van der Waals surface area (Å²) in [5, 5.41) is 0. The summed E-state index contributed by atoms with van der Waals surface area (Å²) in [4.78, 5) is 26.5. The van der Waals surface area contributed by atoms with Crippen LogP contribution in [0.2, 0.25) is 0 Å². The molecule has 0 radical (unpaired) electrons. The number of carbonyl (C=O) groups is 2. The molecular formula is C20H19NO4. The van der Waals surface area contributed by atoms with Gasteiger partial charge in [0.1, 0.15) is 12.4 Å². The lowest BCUT2D eigenvalue weighted by atomic mass is 9.95. The van der Waals surface area contributed by atoms with Crippen molar-refractivity contribution < 1.29 is 19.1 Å².